The highest BCUT2D eigenvalue weighted by Gasteiger charge is 2.55. The molecule has 2 atom stereocenters. The minimum atomic E-state index is -4.53. The van der Waals surface area contributed by atoms with Gasteiger partial charge in [-0.05, 0) is 37.0 Å². The Balaban J connectivity index is 1.69. The molecule has 2 aliphatic rings. The van der Waals surface area contributed by atoms with Crippen molar-refractivity contribution in [2.75, 3.05) is 11.9 Å². The number of urea groups is 1. The molecule has 0 radical (unpaired) electrons. The summed E-state index contributed by atoms with van der Waals surface area (Å²) >= 11 is 0. The highest BCUT2D eigenvalue weighted by atomic mass is 19.4. The summed E-state index contributed by atoms with van der Waals surface area (Å²) in [6, 6.07) is 3.53. The van der Waals surface area contributed by atoms with Crippen LogP contribution in [0, 0.1) is 5.92 Å². The van der Waals surface area contributed by atoms with Gasteiger partial charge in [-0.2, -0.15) is 13.2 Å². The van der Waals surface area contributed by atoms with Gasteiger partial charge >= 0.3 is 12.2 Å². The number of carbonyl (C=O) groups is 3. The Bertz CT molecular complexity index is 781. The molecule has 2 fully saturated rings. The van der Waals surface area contributed by atoms with Crippen molar-refractivity contribution in [3.8, 4) is 0 Å². The van der Waals surface area contributed by atoms with Crippen molar-refractivity contribution in [3.05, 3.63) is 29.8 Å². The first-order chi connectivity index (χ1) is 12.6. The van der Waals surface area contributed by atoms with Gasteiger partial charge in [0, 0.05) is 5.69 Å². The van der Waals surface area contributed by atoms with E-state index in [2.05, 4.69) is 10.6 Å². The van der Waals surface area contributed by atoms with E-state index in [0.29, 0.717) is 6.42 Å². The highest BCUT2D eigenvalue weighted by molar-refractivity contribution is 6.10. The van der Waals surface area contributed by atoms with Crippen molar-refractivity contribution < 1.29 is 27.6 Å². The second kappa shape index (κ2) is 6.86. The lowest BCUT2D eigenvalue weighted by Gasteiger charge is -2.36. The van der Waals surface area contributed by atoms with Crippen molar-refractivity contribution in [2.24, 2.45) is 5.92 Å². The Hall–Kier alpha value is -2.58. The standard InChI is InChI=1S/C18H20F3N3O3/c1-11-5-2-3-8-17(11)15(26)24(16(27)23-17)10-14(25)22-13-7-4-6-12(9-13)18(19,20)21/h4,6-7,9,11H,2-3,5,8,10H2,1H3,(H,22,25)(H,23,27). The van der Waals surface area contributed by atoms with E-state index in [1.54, 1.807) is 0 Å². The van der Waals surface area contributed by atoms with Gasteiger partial charge < -0.3 is 10.6 Å². The molecule has 6 nitrogen and oxygen atoms in total. The number of carbonyl (C=O) groups excluding carboxylic acids is 3. The number of alkyl halides is 3. The van der Waals surface area contributed by atoms with Crippen LogP contribution in [0.4, 0.5) is 23.7 Å². The molecule has 2 unspecified atom stereocenters. The third-order valence-electron chi connectivity index (χ3n) is 5.28. The van der Waals surface area contributed by atoms with Gasteiger partial charge in [-0.1, -0.05) is 25.8 Å². The average Bonchev–Trinajstić information content (AvgIpc) is 2.82. The maximum Gasteiger partial charge on any atom is 0.416 e. The first kappa shape index (κ1) is 19.2. The van der Waals surface area contributed by atoms with Gasteiger partial charge in [0.15, 0.2) is 0 Å². The number of rotatable bonds is 3. The Morgan fingerprint density at radius 1 is 1.33 bits per heavy atom. The predicted octanol–water partition coefficient (Wildman–Crippen LogP) is 3.14. The van der Waals surface area contributed by atoms with E-state index in [0.717, 1.165) is 36.3 Å². The normalized spacial score (nSPS) is 25.6. The molecule has 1 aromatic rings. The average molecular weight is 383 g/mol. The van der Waals surface area contributed by atoms with E-state index in [9.17, 15) is 27.6 Å². The second-order valence-electron chi connectivity index (χ2n) is 7.07. The van der Waals surface area contributed by atoms with Crippen LogP contribution in [0.1, 0.15) is 38.2 Å². The van der Waals surface area contributed by atoms with Gasteiger partial charge in [-0.25, -0.2) is 4.79 Å². The van der Waals surface area contributed by atoms with Crippen LogP contribution >= 0.6 is 0 Å². The van der Waals surface area contributed by atoms with E-state index in [1.165, 1.54) is 12.1 Å². The fourth-order valence-corrected chi connectivity index (χ4v) is 3.76. The van der Waals surface area contributed by atoms with Crippen molar-refractivity contribution in [1.82, 2.24) is 10.2 Å². The van der Waals surface area contributed by atoms with Crippen LogP contribution in [0.2, 0.25) is 0 Å². The second-order valence-corrected chi connectivity index (χ2v) is 7.07. The Labute approximate surface area is 154 Å². The number of imide groups is 1. The number of nitrogens with zero attached hydrogens (tertiary/aromatic N) is 1. The molecule has 27 heavy (non-hydrogen) atoms. The molecular weight excluding hydrogens is 363 g/mol. The van der Waals surface area contributed by atoms with E-state index in [1.807, 2.05) is 6.92 Å². The molecule has 2 N–H and O–H groups in total. The molecule has 146 valence electrons. The summed E-state index contributed by atoms with van der Waals surface area (Å²) < 4.78 is 38.3. The quantitative estimate of drug-likeness (QED) is 0.787. The number of benzene rings is 1. The largest absolute Gasteiger partial charge is 0.416 e. The molecule has 0 aromatic heterocycles. The summed E-state index contributed by atoms with van der Waals surface area (Å²) in [6.07, 6.45) is -1.43. The molecule has 3 rings (SSSR count). The molecule has 1 aliphatic heterocycles. The number of hydrogen-bond donors (Lipinski definition) is 2. The van der Waals surface area contributed by atoms with Crippen LogP contribution in [0.15, 0.2) is 24.3 Å². The van der Waals surface area contributed by atoms with Crippen LogP contribution in [-0.2, 0) is 15.8 Å². The summed E-state index contributed by atoms with van der Waals surface area (Å²) in [7, 11) is 0. The zero-order valence-electron chi connectivity index (χ0n) is 14.7. The minimum absolute atomic E-state index is 0.0424. The monoisotopic (exact) mass is 383 g/mol. The van der Waals surface area contributed by atoms with Crippen molar-refractivity contribution >= 4 is 23.5 Å². The molecule has 1 spiro atoms. The molecular formula is C18H20F3N3O3. The number of nitrogens with one attached hydrogen (secondary N) is 2. The first-order valence-electron chi connectivity index (χ1n) is 8.75. The maximum absolute atomic E-state index is 12.8. The molecule has 1 aromatic carbocycles. The van der Waals surface area contributed by atoms with Gasteiger partial charge in [0.2, 0.25) is 5.91 Å². The molecule has 9 heteroatoms. The topological polar surface area (TPSA) is 78.5 Å². The molecule has 1 heterocycles. The molecule has 1 aliphatic carbocycles. The lowest BCUT2D eigenvalue weighted by molar-refractivity contribution is -0.137. The maximum atomic E-state index is 12.8. The van der Waals surface area contributed by atoms with Crippen molar-refractivity contribution in [3.63, 3.8) is 0 Å². The van der Waals surface area contributed by atoms with E-state index < -0.39 is 41.7 Å². The first-order valence-corrected chi connectivity index (χ1v) is 8.75. The van der Waals surface area contributed by atoms with Crippen molar-refractivity contribution in [2.45, 2.75) is 44.3 Å². The fourth-order valence-electron chi connectivity index (χ4n) is 3.76. The predicted molar refractivity (Wildman–Crippen MR) is 90.7 cm³/mol. The van der Waals surface area contributed by atoms with Crippen LogP contribution < -0.4 is 10.6 Å². The third-order valence-corrected chi connectivity index (χ3v) is 5.28. The number of halogens is 3. The van der Waals surface area contributed by atoms with E-state index in [-0.39, 0.29) is 11.6 Å². The molecule has 1 saturated heterocycles. The van der Waals surface area contributed by atoms with Gasteiger partial charge in [0.05, 0.1) is 5.56 Å². The Morgan fingerprint density at radius 2 is 2.07 bits per heavy atom. The van der Waals surface area contributed by atoms with Gasteiger partial charge in [-0.15, -0.1) is 0 Å². The number of amides is 4. The van der Waals surface area contributed by atoms with Crippen molar-refractivity contribution in [1.29, 1.82) is 0 Å². The zero-order valence-corrected chi connectivity index (χ0v) is 14.7. The van der Waals surface area contributed by atoms with Gasteiger partial charge in [0.1, 0.15) is 12.1 Å². The molecule has 1 saturated carbocycles. The van der Waals surface area contributed by atoms with Crippen LogP contribution in [0.5, 0.6) is 0 Å². The number of anilines is 1. The summed E-state index contributed by atoms with van der Waals surface area (Å²) in [5.41, 5.74) is -1.93. The smallest absolute Gasteiger partial charge is 0.325 e. The van der Waals surface area contributed by atoms with Crippen LogP contribution in [-0.4, -0.2) is 34.8 Å². The zero-order chi connectivity index (χ0) is 19.8. The Morgan fingerprint density at radius 3 is 2.74 bits per heavy atom. The van der Waals surface area contributed by atoms with E-state index >= 15 is 0 Å². The molecule has 4 amide bonds. The third kappa shape index (κ3) is 3.63. The summed E-state index contributed by atoms with van der Waals surface area (Å²) in [5, 5.41) is 5.04. The summed E-state index contributed by atoms with van der Waals surface area (Å²) in [5.74, 6) is -1.23. The number of hydrogen-bond acceptors (Lipinski definition) is 3. The lowest BCUT2D eigenvalue weighted by atomic mass is 9.73. The fraction of sp³-hybridized carbons (Fsp3) is 0.500. The SMILES string of the molecule is CC1CCCCC12NC(=O)N(CC(=O)Nc1cccc(C(F)(F)F)c1)C2=O. The highest BCUT2D eigenvalue weighted by Crippen LogP contribution is 2.38. The lowest BCUT2D eigenvalue weighted by Crippen LogP contribution is -2.54. The van der Waals surface area contributed by atoms with E-state index in [4.69, 9.17) is 0 Å². The molecule has 0 bridgehead atoms. The minimum Gasteiger partial charge on any atom is -0.325 e. The van der Waals surface area contributed by atoms with Crippen LogP contribution in [0.3, 0.4) is 0 Å². The van der Waals surface area contributed by atoms with Gasteiger partial charge in [-0.3, -0.25) is 14.5 Å². The Kier molecular flexibility index (Phi) is 4.88. The van der Waals surface area contributed by atoms with Gasteiger partial charge in [0.25, 0.3) is 5.91 Å². The summed E-state index contributed by atoms with van der Waals surface area (Å²) in [6.45, 7) is 1.35. The van der Waals surface area contributed by atoms with Crippen LogP contribution in [0.25, 0.3) is 0 Å². The summed E-state index contributed by atoms with van der Waals surface area (Å²) in [4.78, 5) is 38.1.